The summed E-state index contributed by atoms with van der Waals surface area (Å²) in [5.74, 6) is -1.22. The summed E-state index contributed by atoms with van der Waals surface area (Å²) in [5, 5.41) is 25.7. The number of piperidine rings is 3. The van der Waals surface area contributed by atoms with Crippen LogP contribution in [-0.4, -0.2) is 163 Å². The number of carbonyl (C=O) groups is 3. The first-order chi connectivity index (χ1) is 38.1. The number of phenols is 1. The van der Waals surface area contributed by atoms with Gasteiger partial charge in [-0.05, 0) is 136 Å². The average molecular weight is 1090 g/mol. The van der Waals surface area contributed by atoms with E-state index in [9.17, 15) is 29.4 Å². The van der Waals surface area contributed by atoms with Crippen LogP contribution in [0.25, 0.3) is 44.0 Å². The summed E-state index contributed by atoms with van der Waals surface area (Å²) in [4.78, 5) is 76.5. The summed E-state index contributed by atoms with van der Waals surface area (Å²) < 4.78 is 48.2. The number of hydrogen-bond acceptors (Lipinski definition) is 15. The first-order valence-corrected chi connectivity index (χ1v) is 28.2. The Kier molecular flexibility index (Phi) is 14.0. The van der Waals surface area contributed by atoms with Crippen LogP contribution in [0.15, 0.2) is 53.5 Å². The summed E-state index contributed by atoms with van der Waals surface area (Å²) in [6.45, 7) is 11.4. The number of halogens is 2. The zero-order chi connectivity index (χ0) is 54.9. The smallest absolute Gasteiger partial charge is 0.409 e. The predicted octanol–water partition coefficient (Wildman–Crippen LogP) is 6.42. The number of benzene rings is 3. The Balaban J connectivity index is 0.664. The maximum atomic E-state index is 17.3. The number of aliphatic hydroxyl groups is 1. The van der Waals surface area contributed by atoms with Crippen molar-refractivity contribution in [2.24, 2.45) is 13.0 Å². The molecule has 0 radical (unpaired) electrons. The van der Waals surface area contributed by atoms with Gasteiger partial charge in [0.05, 0.1) is 27.6 Å². The van der Waals surface area contributed by atoms with E-state index in [4.69, 9.17) is 19.4 Å². The molecule has 6 saturated heterocycles. The van der Waals surface area contributed by atoms with Gasteiger partial charge >= 0.3 is 17.8 Å². The Morgan fingerprint density at radius 2 is 1.68 bits per heavy atom. The van der Waals surface area contributed by atoms with Gasteiger partial charge in [-0.3, -0.25) is 38.8 Å². The molecule has 0 aliphatic carbocycles. The molecule has 3 aromatic carbocycles. The van der Waals surface area contributed by atoms with Gasteiger partial charge in [-0.1, -0.05) is 13.0 Å². The third-order valence-corrected chi connectivity index (χ3v) is 18.0. The molecule has 12 rings (SSSR count). The Hall–Kier alpha value is -6.97. The zero-order valence-electron chi connectivity index (χ0n) is 45.2. The number of fused-ring (bicyclic) bond motifs is 4. The van der Waals surface area contributed by atoms with Gasteiger partial charge < -0.3 is 34.4 Å². The van der Waals surface area contributed by atoms with Crippen molar-refractivity contribution in [2.45, 2.75) is 108 Å². The van der Waals surface area contributed by atoms with Gasteiger partial charge in [0.15, 0.2) is 5.82 Å². The molecule has 0 spiro atoms. The number of imide groups is 1. The number of ether oxygens (including phenoxy) is 2. The average Bonchev–Trinajstić information content (AvgIpc) is 4.32. The monoisotopic (exact) mass is 1090 g/mol. The summed E-state index contributed by atoms with van der Waals surface area (Å²) in [7, 11) is 1.71. The second kappa shape index (κ2) is 20.9. The number of aryl methyl sites for hydroxylation is 2. The van der Waals surface area contributed by atoms with Gasteiger partial charge in [0.2, 0.25) is 11.8 Å². The van der Waals surface area contributed by atoms with E-state index in [0.29, 0.717) is 84.3 Å². The summed E-state index contributed by atoms with van der Waals surface area (Å²) in [6, 6.07) is 11.0. The number of likely N-dealkylation sites (tertiary alicyclic amines) is 1. The molecule has 21 heteroatoms. The largest absolute Gasteiger partial charge is 0.508 e. The molecule has 79 heavy (non-hydrogen) atoms. The number of hydrogen-bond donors (Lipinski definition) is 3. The SMILES string of the molecule is CCc1c(F)ccc2cc(O)cc(-c3ncc4c(N5CCC[C@@](C)(O)C5)nc(OC[C@@]56CCCN5[C@H](COC(=O)N5CCC(CN7CCN(c8ccc9c(c8)n(C)c(=O)n9C8CCC(=O)NC8=O)CC7)CC5)CC6)nc4c3F)c12. The summed E-state index contributed by atoms with van der Waals surface area (Å²) >= 11 is 0. The first-order valence-electron chi connectivity index (χ1n) is 28.2. The minimum Gasteiger partial charge on any atom is -0.508 e. The van der Waals surface area contributed by atoms with Crippen molar-refractivity contribution in [1.29, 1.82) is 0 Å². The first kappa shape index (κ1) is 52.7. The highest BCUT2D eigenvalue weighted by molar-refractivity contribution is 6.02. The molecule has 4 atom stereocenters. The van der Waals surface area contributed by atoms with Crippen molar-refractivity contribution in [2.75, 3.05) is 88.5 Å². The molecule has 3 amide bonds. The van der Waals surface area contributed by atoms with Gasteiger partial charge in [0.1, 0.15) is 47.9 Å². The van der Waals surface area contributed by atoms with Crippen LogP contribution in [0, 0.1) is 17.6 Å². The molecule has 6 fully saturated rings. The molecular weight excluding hydrogens is 1020 g/mol. The van der Waals surface area contributed by atoms with E-state index in [0.717, 1.165) is 89.0 Å². The highest BCUT2D eigenvalue weighted by Crippen LogP contribution is 2.44. The number of imidazole rings is 1. The molecule has 0 saturated carbocycles. The van der Waals surface area contributed by atoms with Gasteiger partial charge in [0.25, 0.3) is 0 Å². The number of aromatic nitrogens is 5. The van der Waals surface area contributed by atoms with Crippen LogP contribution >= 0.6 is 0 Å². The standard InChI is InChI=1S/C58H69F2N11O8/c1-4-40-43(59)9-7-36-27-39(72)29-41(48(36)40)50-49(60)51-42(30-61-50)52(69-19-5-16-57(2,77)33-69)64-54(63-51)79-34-58-17-6-20-70(58)38(13-18-58)32-78-56(76)68-21-14-35(15-22-68)31-66-23-25-67(26-24-66)37-8-10-44-46(28-37)65(3)55(75)71(44)45-11-12-47(73)62-53(45)74/h7-10,27-30,35,38,45,72,77H,4-6,11-26,31-34H2,1-3H3,(H,62,73,74)/t38-,45?,57+,58-/m0/s1. The maximum Gasteiger partial charge on any atom is 0.409 e. The molecule has 19 nitrogen and oxygen atoms in total. The van der Waals surface area contributed by atoms with E-state index in [1.54, 1.807) is 24.6 Å². The van der Waals surface area contributed by atoms with E-state index in [2.05, 4.69) is 25.0 Å². The van der Waals surface area contributed by atoms with Crippen LogP contribution in [-0.2, 0) is 27.8 Å². The summed E-state index contributed by atoms with van der Waals surface area (Å²) in [5.41, 5.74) is 1.29. The minimum absolute atomic E-state index is 0.00342. The predicted molar refractivity (Wildman–Crippen MR) is 293 cm³/mol. The molecule has 1 unspecified atom stereocenters. The Labute approximate surface area is 456 Å². The van der Waals surface area contributed by atoms with Crippen molar-refractivity contribution < 1.29 is 42.9 Å². The van der Waals surface area contributed by atoms with E-state index in [1.165, 1.54) is 29.0 Å². The second-order valence-electron chi connectivity index (χ2n) is 23.2. The van der Waals surface area contributed by atoms with Gasteiger partial charge in [-0.2, -0.15) is 9.97 Å². The lowest BCUT2D eigenvalue weighted by atomic mass is 9.94. The Morgan fingerprint density at radius 1 is 0.886 bits per heavy atom. The third-order valence-electron chi connectivity index (χ3n) is 18.0. The van der Waals surface area contributed by atoms with Crippen molar-refractivity contribution in [1.82, 2.24) is 44.1 Å². The minimum atomic E-state index is -1.00. The summed E-state index contributed by atoms with van der Waals surface area (Å²) in [6.07, 6.45) is 8.54. The number of β-amino-alcohol motifs (C(OH)–C–C–N with tert-alkyl or cyclic N) is 1. The number of aromatic hydroxyl groups is 1. The number of anilines is 2. The van der Waals surface area contributed by atoms with E-state index in [-0.39, 0.29) is 84.0 Å². The van der Waals surface area contributed by atoms with E-state index >= 15 is 8.78 Å². The number of nitrogens with one attached hydrogen (secondary N) is 1. The Morgan fingerprint density at radius 3 is 2.46 bits per heavy atom. The molecule has 6 aliphatic heterocycles. The van der Waals surface area contributed by atoms with E-state index < -0.39 is 29.2 Å². The number of piperazine rings is 1. The van der Waals surface area contributed by atoms with Gasteiger partial charge in [-0.25, -0.2) is 18.4 Å². The maximum absolute atomic E-state index is 17.3. The Bertz CT molecular complexity index is 3440. The fourth-order valence-electron chi connectivity index (χ4n) is 13.8. The third kappa shape index (κ3) is 9.89. The van der Waals surface area contributed by atoms with Crippen LogP contribution in [0.2, 0.25) is 0 Å². The highest BCUT2D eigenvalue weighted by Gasteiger charge is 2.50. The number of phenolic OH excluding ortho intramolecular Hbond substituents is 1. The lowest BCUT2D eigenvalue weighted by Gasteiger charge is -2.39. The molecule has 6 aromatic rings. The van der Waals surface area contributed by atoms with Gasteiger partial charge in [-0.15, -0.1) is 0 Å². The normalized spacial score (nSPS) is 24.5. The van der Waals surface area contributed by atoms with Crippen LogP contribution < -0.4 is 25.5 Å². The fraction of sp³-hybridized carbons (Fsp3) is 0.534. The molecule has 3 aromatic heterocycles. The molecule has 9 heterocycles. The second-order valence-corrected chi connectivity index (χ2v) is 23.2. The van der Waals surface area contributed by atoms with Crippen molar-refractivity contribution >= 4 is 62.1 Å². The lowest BCUT2D eigenvalue weighted by molar-refractivity contribution is -0.135. The molecular formula is C58H69F2N11O8. The van der Waals surface area contributed by atoms with E-state index in [1.807, 2.05) is 34.9 Å². The number of rotatable bonds is 12. The van der Waals surface area contributed by atoms with Crippen LogP contribution in [0.5, 0.6) is 11.8 Å². The molecule has 6 aliphatic rings. The van der Waals surface area contributed by atoms with Gasteiger partial charge in [0, 0.05) is 95.9 Å². The van der Waals surface area contributed by atoms with Crippen molar-refractivity contribution in [3.8, 4) is 23.0 Å². The number of pyridine rings is 1. The van der Waals surface area contributed by atoms with Crippen LogP contribution in [0.1, 0.15) is 89.7 Å². The number of nitrogens with zero attached hydrogens (tertiary/aromatic N) is 10. The van der Waals surface area contributed by atoms with Crippen LogP contribution in [0.4, 0.5) is 25.1 Å². The molecule has 3 N–H and O–H groups in total. The van der Waals surface area contributed by atoms with Crippen LogP contribution in [0.3, 0.4) is 0 Å². The zero-order valence-corrected chi connectivity index (χ0v) is 45.2. The molecule has 418 valence electrons. The fourth-order valence-corrected chi connectivity index (χ4v) is 13.8. The number of amides is 3. The quantitative estimate of drug-likeness (QED) is 0.113. The number of carbonyl (C=O) groups excluding carboxylic acids is 3. The van der Waals surface area contributed by atoms with Crippen molar-refractivity contribution in [3.63, 3.8) is 0 Å². The molecule has 0 bridgehead atoms. The highest BCUT2D eigenvalue weighted by atomic mass is 19.1. The lowest BCUT2D eigenvalue weighted by Crippen LogP contribution is -2.50. The topological polar surface area (TPSA) is 204 Å². The van der Waals surface area contributed by atoms with Crippen molar-refractivity contribution in [3.05, 3.63) is 76.3 Å².